The van der Waals surface area contributed by atoms with Crippen LogP contribution in [0.4, 0.5) is 5.82 Å². The molecule has 0 spiro atoms. The van der Waals surface area contributed by atoms with Gasteiger partial charge in [0.15, 0.2) is 5.82 Å². The molecule has 2 amide bonds. The average molecular weight is 353 g/mol. The van der Waals surface area contributed by atoms with E-state index in [2.05, 4.69) is 15.5 Å². The molecule has 1 aliphatic rings. The Hall–Kier alpha value is -2.96. The maximum atomic E-state index is 12.7. The van der Waals surface area contributed by atoms with Gasteiger partial charge in [-0.05, 0) is 37.1 Å². The largest absolute Gasteiger partial charge is 0.368 e. The van der Waals surface area contributed by atoms with Gasteiger partial charge in [0.05, 0.1) is 5.69 Å². The van der Waals surface area contributed by atoms with Crippen molar-refractivity contribution in [2.24, 2.45) is 5.73 Å². The maximum absolute atomic E-state index is 12.7. The van der Waals surface area contributed by atoms with Crippen LogP contribution in [0.1, 0.15) is 36.0 Å². The molecule has 0 saturated heterocycles. The zero-order chi connectivity index (χ0) is 18.7. The molecule has 1 aromatic heterocycles. The fourth-order valence-electron chi connectivity index (χ4n) is 3.24. The molecule has 3 N–H and O–H groups in total. The summed E-state index contributed by atoms with van der Waals surface area (Å²) in [5.74, 6) is -0.0117. The van der Waals surface area contributed by atoms with Gasteiger partial charge in [-0.3, -0.25) is 9.59 Å². The predicted octanol–water partition coefficient (Wildman–Crippen LogP) is 1.74. The highest BCUT2D eigenvalue weighted by Gasteiger charge is 2.41. The first-order chi connectivity index (χ1) is 12.4. The Bertz CT molecular complexity index is 811. The summed E-state index contributed by atoms with van der Waals surface area (Å²) in [6.45, 7) is 0. The molecule has 7 nitrogen and oxygen atoms in total. The Morgan fingerprint density at radius 3 is 2.42 bits per heavy atom. The Labute approximate surface area is 152 Å². The zero-order valence-corrected chi connectivity index (χ0v) is 15.0. The van der Waals surface area contributed by atoms with Gasteiger partial charge >= 0.3 is 0 Å². The van der Waals surface area contributed by atoms with Crippen LogP contribution in [-0.4, -0.2) is 41.6 Å². The maximum Gasteiger partial charge on any atom is 0.252 e. The van der Waals surface area contributed by atoms with Crippen LogP contribution < -0.4 is 16.0 Å². The Kier molecular flexibility index (Phi) is 4.88. The second-order valence-corrected chi connectivity index (χ2v) is 6.86. The number of aromatic nitrogens is 2. The number of nitrogens with two attached hydrogens (primary N) is 1. The minimum absolute atomic E-state index is 0.301. The average Bonchev–Trinajstić information content (AvgIpc) is 3.12. The third kappa shape index (κ3) is 3.51. The Balaban J connectivity index is 1.82. The van der Waals surface area contributed by atoms with E-state index in [-0.39, 0.29) is 5.91 Å². The quantitative estimate of drug-likeness (QED) is 0.852. The molecule has 136 valence electrons. The van der Waals surface area contributed by atoms with E-state index in [1.807, 2.05) is 37.2 Å². The molecule has 1 aliphatic carbocycles. The van der Waals surface area contributed by atoms with Gasteiger partial charge in [-0.1, -0.05) is 25.0 Å². The number of primary amides is 1. The molecule has 0 radical (unpaired) electrons. The van der Waals surface area contributed by atoms with Gasteiger partial charge in [0.2, 0.25) is 5.91 Å². The van der Waals surface area contributed by atoms with E-state index in [0.717, 1.165) is 24.2 Å². The third-order valence-electron chi connectivity index (χ3n) is 4.81. The highest BCUT2D eigenvalue weighted by Crippen LogP contribution is 2.30. The van der Waals surface area contributed by atoms with Gasteiger partial charge < -0.3 is 16.0 Å². The predicted molar refractivity (Wildman–Crippen MR) is 99.7 cm³/mol. The van der Waals surface area contributed by atoms with Crippen LogP contribution in [0.3, 0.4) is 0 Å². The number of anilines is 1. The minimum Gasteiger partial charge on any atom is -0.368 e. The molecule has 3 rings (SSSR count). The van der Waals surface area contributed by atoms with Gasteiger partial charge in [-0.2, -0.15) is 0 Å². The first-order valence-electron chi connectivity index (χ1n) is 8.65. The minimum atomic E-state index is -0.930. The molecule has 0 aliphatic heterocycles. The van der Waals surface area contributed by atoms with E-state index in [1.54, 1.807) is 18.2 Å². The molecule has 1 heterocycles. The number of nitrogens with one attached hydrogen (secondary N) is 1. The number of nitrogens with zero attached hydrogens (tertiary/aromatic N) is 3. The molecule has 7 heteroatoms. The molecule has 0 bridgehead atoms. The molecule has 0 atom stereocenters. The Morgan fingerprint density at radius 1 is 1.12 bits per heavy atom. The van der Waals surface area contributed by atoms with Crippen LogP contribution in [-0.2, 0) is 4.79 Å². The number of rotatable bonds is 5. The Morgan fingerprint density at radius 2 is 1.85 bits per heavy atom. The molecular weight excluding hydrogens is 330 g/mol. The number of hydrogen-bond acceptors (Lipinski definition) is 5. The van der Waals surface area contributed by atoms with Crippen molar-refractivity contribution >= 4 is 17.6 Å². The highest BCUT2D eigenvalue weighted by atomic mass is 16.2. The van der Waals surface area contributed by atoms with Crippen molar-refractivity contribution in [3.05, 3.63) is 42.0 Å². The van der Waals surface area contributed by atoms with Crippen molar-refractivity contribution in [1.29, 1.82) is 0 Å². The summed E-state index contributed by atoms with van der Waals surface area (Å²) in [7, 11) is 3.79. The van der Waals surface area contributed by atoms with E-state index < -0.39 is 11.4 Å². The van der Waals surface area contributed by atoms with Crippen LogP contribution in [0.2, 0.25) is 0 Å². The summed E-state index contributed by atoms with van der Waals surface area (Å²) in [5.41, 5.74) is 6.54. The lowest BCUT2D eigenvalue weighted by Crippen LogP contribution is -2.55. The summed E-state index contributed by atoms with van der Waals surface area (Å²) >= 11 is 0. The van der Waals surface area contributed by atoms with E-state index in [0.29, 0.717) is 24.1 Å². The summed E-state index contributed by atoms with van der Waals surface area (Å²) < 4.78 is 0. The molecule has 1 aromatic carbocycles. The van der Waals surface area contributed by atoms with Gasteiger partial charge in [0, 0.05) is 25.2 Å². The first kappa shape index (κ1) is 17.8. The topological polar surface area (TPSA) is 101 Å². The monoisotopic (exact) mass is 353 g/mol. The molecule has 2 aromatic rings. The summed E-state index contributed by atoms with van der Waals surface area (Å²) in [4.78, 5) is 26.4. The number of benzene rings is 1. The van der Waals surface area contributed by atoms with Crippen molar-refractivity contribution in [3.8, 4) is 11.3 Å². The molecule has 26 heavy (non-hydrogen) atoms. The van der Waals surface area contributed by atoms with Crippen molar-refractivity contribution < 1.29 is 9.59 Å². The van der Waals surface area contributed by atoms with Crippen molar-refractivity contribution in [1.82, 2.24) is 15.5 Å². The zero-order valence-electron chi connectivity index (χ0n) is 15.0. The molecule has 1 saturated carbocycles. The van der Waals surface area contributed by atoms with Crippen LogP contribution in [0, 0.1) is 0 Å². The second-order valence-electron chi connectivity index (χ2n) is 6.86. The van der Waals surface area contributed by atoms with Crippen molar-refractivity contribution in [3.63, 3.8) is 0 Å². The molecular formula is C19H23N5O2. The summed E-state index contributed by atoms with van der Waals surface area (Å²) in [6.07, 6.45) is 2.95. The number of amides is 2. The standard InChI is InChI=1S/C19H23N5O2/c1-24(2)16-9-8-15(22-23-16)13-6-5-7-14(12-13)17(25)21-19(18(20)26)10-3-4-11-19/h5-9,12H,3-4,10-11H2,1-2H3,(H2,20,26)(H,21,25). The number of hydrogen-bond donors (Lipinski definition) is 2. The molecule has 0 unspecified atom stereocenters. The van der Waals surface area contributed by atoms with Crippen LogP contribution >= 0.6 is 0 Å². The van der Waals surface area contributed by atoms with Gasteiger partial charge in [-0.25, -0.2) is 0 Å². The van der Waals surface area contributed by atoms with Crippen LogP contribution in [0.15, 0.2) is 36.4 Å². The fourth-order valence-corrected chi connectivity index (χ4v) is 3.24. The summed E-state index contributed by atoms with van der Waals surface area (Å²) in [6, 6.07) is 10.9. The lowest BCUT2D eigenvalue weighted by molar-refractivity contribution is -0.123. The SMILES string of the molecule is CN(C)c1ccc(-c2cccc(C(=O)NC3(C(N)=O)CCCC3)c2)nn1. The van der Waals surface area contributed by atoms with Crippen molar-refractivity contribution in [2.75, 3.05) is 19.0 Å². The van der Waals surface area contributed by atoms with Gasteiger partial charge in [0.1, 0.15) is 5.54 Å². The van der Waals surface area contributed by atoms with E-state index in [9.17, 15) is 9.59 Å². The van der Waals surface area contributed by atoms with Gasteiger partial charge in [0.25, 0.3) is 5.91 Å². The number of carbonyl (C=O) groups excluding carboxylic acids is 2. The smallest absolute Gasteiger partial charge is 0.252 e. The lowest BCUT2D eigenvalue weighted by Gasteiger charge is -2.26. The van der Waals surface area contributed by atoms with Crippen LogP contribution in [0.25, 0.3) is 11.3 Å². The highest BCUT2D eigenvalue weighted by molar-refractivity contribution is 5.99. The van der Waals surface area contributed by atoms with E-state index in [4.69, 9.17) is 5.73 Å². The van der Waals surface area contributed by atoms with Crippen molar-refractivity contribution in [2.45, 2.75) is 31.2 Å². The second kappa shape index (κ2) is 7.11. The first-order valence-corrected chi connectivity index (χ1v) is 8.65. The number of carbonyl (C=O) groups is 2. The van der Waals surface area contributed by atoms with Crippen LogP contribution in [0.5, 0.6) is 0 Å². The fraction of sp³-hybridized carbons (Fsp3) is 0.368. The van der Waals surface area contributed by atoms with E-state index in [1.165, 1.54) is 0 Å². The van der Waals surface area contributed by atoms with E-state index >= 15 is 0 Å². The lowest BCUT2D eigenvalue weighted by atomic mass is 9.96. The normalized spacial score (nSPS) is 15.5. The summed E-state index contributed by atoms with van der Waals surface area (Å²) in [5, 5.41) is 11.2. The molecule has 1 fully saturated rings. The van der Waals surface area contributed by atoms with Gasteiger partial charge in [-0.15, -0.1) is 10.2 Å². The third-order valence-corrected chi connectivity index (χ3v) is 4.81.